The van der Waals surface area contributed by atoms with Gasteiger partial charge in [0, 0.05) is 19.0 Å². The molecule has 34 heavy (non-hydrogen) atoms. The van der Waals surface area contributed by atoms with E-state index in [1.165, 1.54) is 4.90 Å². The van der Waals surface area contributed by atoms with Crippen molar-refractivity contribution in [3.8, 4) is 11.1 Å². The van der Waals surface area contributed by atoms with Gasteiger partial charge in [0.1, 0.15) is 12.1 Å². The Bertz CT molecular complexity index is 1110. The first-order valence-corrected chi connectivity index (χ1v) is 11.9. The Morgan fingerprint density at radius 2 is 1.62 bits per heavy atom. The molecule has 7 heteroatoms. The molecule has 5 rings (SSSR count). The van der Waals surface area contributed by atoms with Gasteiger partial charge < -0.3 is 20.1 Å². The van der Waals surface area contributed by atoms with Crippen molar-refractivity contribution in [2.24, 2.45) is 5.41 Å². The van der Waals surface area contributed by atoms with Crippen LogP contribution in [0, 0.1) is 5.41 Å². The van der Waals surface area contributed by atoms with Crippen LogP contribution in [0.3, 0.4) is 0 Å². The first kappa shape index (κ1) is 22.4. The molecule has 0 radical (unpaired) electrons. The first-order chi connectivity index (χ1) is 16.3. The lowest BCUT2D eigenvalue weighted by Crippen LogP contribution is -2.56. The van der Waals surface area contributed by atoms with Gasteiger partial charge in [0.05, 0.1) is 5.41 Å². The minimum atomic E-state index is -1.10. The number of ether oxygens (including phenoxy) is 1. The van der Waals surface area contributed by atoms with E-state index in [4.69, 9.17) is 4.74 Å². The average molecular weight is 463 g/mol. The third kappa shape index (κ3) is 3.45. The maximum atomic E-state index is 13.4. The van der Waals surface area contributed by atoms with Crippen LogP contribution in [-0.2, 0) is 14.3 Å². The minimum absolute atomic E-state index is 0.0360. The fourth-order valence-corrected chi connectivity index (χ4v) is 5.82. The highest BCUT2D eigenvalue weighted by molar-refractivity contribution is 5.92. The molecule has 0 bridgehead atoms. The lowest BCUT2D eigenvalue weighted by Gasteiger charge is -2.37. The van der Waals surface area contributed by atoms with Crippen LogP contribution in [-0.4, -0.2) is 53.2 Å². The standard InChI is InChI=1S/C27H30N2O5/c1-26(23(30)29(2)27(14-15-27)24(31)32)13-7-12-22(26)28-25(33)34-16-21-19-10-5-3-8-17(19)18-9-4-6-11-20(18)21/h3-6,8-11,21-22H,7,12-16H2,1-2H3,(H,28,33)(H,31,32). The van der Waals surface area contributed by atoms with Gasteiger partial charge >= 0.3 is 12.1 Å². The summed E-state index contributed by atoms with van der Waals surface area (Å²) in [5.41, 5.74) is 2.65. The number of amides is 2. The van der Waals surface area contributed by atoms with E-state index in [0.29, 0.717) is 25.7 Å². The van der Waals surface area contributed by atoms with E-state index in [0.717, 1.165) is 28.7 Å². The summed E-state index contributed by atoms with van der Waals surface area (Å²) in [5, 5.41) is 12.5. The Labute approximate surface area is 199 Å². The predicted molar refractivity (Wildman–Crippen MR) is 126 cm³/mol. The summed E-state index contributed by atoms with van der Waals surface area (Å²) < 4.78 is 5.68. The Hall–Kier alpha value is -3.35. The molecule has 0 aliphatic heterocycles. The molecule has 3 aliphatic carbocycles. The molecular formula is C27H30N2O5. The molecule has 0 saturated heterocycles. The van der Waals surface area contributed by atoms with Crippen LogP contribution in [0.5, 0.6) is 0 Å². The first-order valence-electron chi connectivity index (χ1n) is 11.9. The van der Waals surface area contributed by atoms with Gasteiger partial charge in [0.15, 0.2) is 0 Å². The van der Waals surface area contributed by atoms with Gasteiger partial charge in [-0.05, 0) is 54.9 Å². The lowest BCUT2D eigenvalue weighted by molar-refractivity contribution is -0.155. The van der Waals surface area contributed by atoms with Crippen LogP contribution >= 0.6 is 0 Å². The smallest absolute Gasteiger partial charge is 0.407 e. The van der Waals surface area contributed by atoms with Gasteiger partial charge in [-0.15, -0.1) is 0 Å². The highest BCUT2D eigenvalue weighted by Crippen LogP contribution is 2.47. The molecular weight excluding hydrogens is 432 g/mol. The topological polar surface area (TPSA) is 95.9 Å². The Kier molecular flexibility index (Phi) is 5.38. The van der Waals surface area contributed by atoms with Crippen LogP contribution in [0.25, 0.3) is 11.1 Å². The number of nitrogens with one attached hydrogen (secondary N) is 1. The highest BCUT2D eigenvalue weighted by Gasteiger charge is 2.59. The number of hydrogen-bond acceptors (Lipinski definition) is 4. The predicted octanol–water partition coefficient (Wildman–Crippen LogP) is 4.16. The Morgan fingerprint density at radius 1 is 1.03 bits per heavy atom. The van der Waals surface area contributed by atoms with Crippen LogP contribution in [0.2, 0.25) is 0 Å². The molecule has 0 spiro atoms. The second kappa shape index (κ2) is 8.15. The third-order valence-corrected chi connectivity index (χ3v) is 8.15. The molecule has 0 aromatic heterocycles. The summed E-state index contributed by atoms with van der Waals surface area (Å²) in [4.78, 5) is 39.3. The molecule has 7 nitrogen and oxygen atoms in total. The Morgan fingerprint density at radius 3 is 2.18 bits per heavy atom. The molecule has 3 aliphatic rings. The maximum absolute atomic E-state index is 13.4. The molecule has 2 aromatic carbocycles. The number of fused-ring (bicyclic) bond motifs is 3. The summed E-state index contributed by atoms with van der Waals surface area (Å²) in [7, 11) is 1.57. The van der Waals surface area contributed by atoms with E-state index in [1.54, 1.807) is 7.05 Å². The number of carbonyl (C=O) groups is 3. The number of aliphatic carboxylic acids is 1. The monoisotopic (exact) mass is 462 g/mol. The van der Waals surface area contributed by atoms with Crippen LogP contribution in [0.1, 0.15) is 56.1 Å². The van der Waals surface area contributed by atoms with Gasteiger partial charge in [-0.2, -0.15) is 0 Å². The zero-order valence-electron chi connectivity index (χ0n) is 19.5. The van der Waals surface area contributed by atoms with E-state index in [9.17, 15) is 19.5 Å². The number of carboxylic acids is 1. The summed E-state index contributed by atoms with van der Waals surface area (Å²) in [6.07, 6.45) is 2.41. The number of hydrogen-bond donors (Lipinski definition) is 2. The largest absolute Gasteiger partial charge is 0.479 e. The van der Waals surface area contributed by atoms with E-state index < -0.39 is 29.1 Å². The molecule has 2 atom stereocenters. The normalized spacial score (nSPS) is 24.1. The molecule has 2 aromatic rings. The molecule has 2 unspecified atom stereocenters. The quantitative estimate of drug-likeness (QED) is 0.672. The molecule has 2 amide bonds. The van der Waals surface area contributed by atoms with Gasteiger partial charge in [-0.3, -0.25) is 4.79 Å². The third-order valence-electron chi connectivity index (χ3n) is 8.15. The fraction of sp³-hybridized carbons (Fsp3) is 0.444. The number of likely N-dealkylation sites (N-methyl/N-ethyl adjacent to an activating group) is 1. The lowest BCUT2D eigenvalue weighted by atomic mass is 9.82. The molecule has 0 heterocycles. The summed E-state index contributed by atoms with van der Waals surface area (Å²) in [6, 6.07) is 15.9. The van der Waals surface area contributed by atoms with Crippen molar-refractivity contribution in [3.63, 3.8) is 0 Å². The number of nitrogens with zero attached hydrogens (tertiary/aromatic N) is 1. The minimum Gasteiger partial charge on any atom is -0.479 e. The zero-order chi connectivity index (χ0) is 24.1. The van der Waals surface area contributed by atoms with Gasteiger partial charge in [-0.1, -0.05) is 55.0 Å². The van der Waals surface area contributed by atoms with Crippen LogP contribution in [0.4, 0.5) is 4.79 Å². The van der Waals surface area contributed by atoms with Gasteiger partial charge in [-0.25, -0.2) is 9.59 Å². The van der Waals surface area contributed by atoms with Gasteiger partial charge in [0.2, 0.25) is 5.91 Å². The number of carboxylic acid groups (broad SMARTS) is 1. The van der Waals surface area contributed by atoms with E-state index in [2.05, 4.69) is 29.6 Å². The summed E-state index contributed by atoms with van der Waals surface area (Å²) in [6.45, 7) is 2.03. The highest BCUT2D eigenvalue weighted by atomic mass is 16.5. The molecule has 178 valence electrons. The van der Waals surface area contributed by atoms with Crippen LogP contribution < -0.4 is 5.32 Å². The fourth-order valence-electron chi connectivity index (χ4n) is 5.82. The van der Waals surface area contributed by atoms with Crippen molar-refractivity contribution in [2.45, 2.75) is 56.5 Å². The van der Waals surface area contributed by atoms with Crippen molar-refractivity contribution in [2.75, 3.05) is 13.7 Å². The van der Waals surface area contributed by atoms with Crippen molar-refractivity contribution >= 4 is 18.0 Å². The van der Waals surface area contributed by atoms with Crippen molar-refractivity contribution in [1.82, 2.24) is 10.2 Å². The van der Waals surface area contributed by atoms with Crippen molar-refractivity contribution in [1.29, 1.82) is 0 Å². The van der Waals surface area contributed by atoms with E-state index >= 15 is 0 Å². The SMILES string of the molecule is CN(C(=O)C1(C)CCCC1NC(=O)OCC1c2ccccc2-c2ccccc21)C1(C(=O)O)CC1. The van der Waals surface area contributed by atoms with Crippen LogP contribution in [0.15, 0.2) is 48.5 Å². The second-order valence-electron chi connectivity index (χ2n) is 10.0. The molecule has 2 saturated carbocycles. The molecule has 2 fully saturated rings. The summed E-state index contributed by atoms with van der Waals surface area (Å²) in [5.74, 6) is -1.23. The summed E-state index contributed by atoms with van der Waals surface area (Å²) >= 11 is 0. The number of carbonyl (C=O) groups excluding carboxylic acids is 2. The number of alkyl carbamates (subject to hydrolysis) is 1. The van der Waals surface area contributed by atoms with Crippen molar-refractivity contribution in [3.05, 3.63) is 59.7 Å². The molecule has 2 N–H and O–H groups in total. The van der Waals surface area contributed by atoms with E-state index in [-0.39, 0.29) is 18.4 Å². The second-order valence-corrected chi connectivity index (χ2v) is 10.0. The number of rotatable bonds is 6. The maximum Gasteiger partial charge on any atom is 0.407 e. The van der Waals surface area contributed by atoms with E-state index in [1.807, 2.05) is 31.2 Å². The van der Waals surface area contributed by atoms with Gasteiger partial charge in [0.25, 0.3) is 0 Å². The Balaban J connectivity index is 1.26. The number of benzene rings is 2. The zero-order valence-corrected chi connectivity index (χ0v) is 19.5. The average Bonchev–Trinajstić information content (AvgIpc) is 3.49. The van der Waals surface area contributed by atoms with Crippen molar-refractivity contribution < 1.29 is 24.2 Å².